The first-order valence-electron chi connectivity index (χ1n) is 5.22. The van der Waals surface area contributed by atoms with E-state index >= 15 is 0 Å². The molecular formula is C14H8N2O. The predicted octanol–water partition coefficient (Wildman–Crippen LogP) is 3.37. The van der Waals surface area contributed by atoms with E-state index in [9.17, 15) is 0 Å². The molecular weight excluding hydrogens is 212 g/mol. The van der Waals surface area contributed by atoms with E-state index in [0.717, 1.165) is 22.4 Å². The van der Waals surface area contributed by atoms with E-state index in [-0.39, 0.29) is 0 Å². The molecule has 2 heterocycles. The zero-order valence-electron chi connectivity index (χ0n) is 8.92. The Morgan fingerprint density at radius 3 is 2.71 bits per heavy atom. The summed E-state index contributed by atoms with van der Waals surface area (Å²) < 4.78 is 5.68. The fraction of sp³-hybridized carbons (Fsp3) is 0. The SMILES string of the molecule is N#Cc1ccc(-c2cc3ccccc3o2)nc1. The molecule has 0 aliphatic rings. The molecule has 3 rings (SSSR count). The molecule has 0 radical (unpaired) electrons. The number of furan rings is 1. The largest absolute Gasteiger partial charge is 0.454 e. The van der Waals surface area contributed by atoms with E-state index in [2.05, 4.69) is 4.98 Å². The number of nitrogens with zero attached hydrogens (tertiary/aromatic N) is 2. The summed E-state index contributed by atoms with van der Waals surface area (Å²) >= 11 is 0. The smallest absolute Gasteiger partial charge is 0.153 e. The van der Waals surface area contributed by atoms with Crippen molar-refractivity contribution >= 4 is 11.0 Å². The van der Waals surface area contributed by atoms with Crippen molar-refractivity contribution in [2.45, 2.75) is 0 Å². The average molecular weight is 220 g/mol. The summed E-state index contributed by atoms with van der Waals surface area (Å²) in [7, 11) is 0. The third-order valence-corrected chi connectivity index (χ3v) is 2.57. The van der Waals surface area contributed by atoms with Gasteiger partial charge in [0.2, 0.25) is 0 Å². The van der Waals surface area contributed by atoms with Crippen LogP contribution in [0.3, 0.4) is 0 Å². The molecule has 0 aliphatic heterocycles. The van der Waals surface area contributed by atoms with Crippen LogP contribution in [0.15, 0.2) is 53.1 Å². The van der Waals surface area contributed by atoms with E-state index in [1.807, 2.05) is 36.4 Å². The number of para-hydroxylation sites is 1. The van der Waals surface area contributed by atoms with Crippen molar-refractivity contribution in [3.05, 3.63) is 54.2 Å². The molecule has 0 atom stereocenters. The van der Waals surface area contributed by atoms with Crippen molar-refractivity contribution in [3.63, 3.8) is 0 Å². The first-order chi connectivity index (χ1) is 8.36. The molecule has 0 amide bonds. The van der Waals surface area contributed by atoms with E-state index in [4.69, 9.17) is 9.68 Å². The molecule has 0 unspecified atom stereocenters. The fourth-order valence-electron chi connectivity index (χ4n) is 1.71. The number of nitriles is 1. The molecule has 0 fully saturated rings. The molecule has 0 aliphatic carbocycles. The molecule has 0 bridgehead atoms. The summed E-state index contributed by atoms with van der Waals surface area (Å²) in [5, 5.41) is 9.75. The summed E-state index contributed by atoms with van der Waals surface area (Å²) in [6.45, 7) is 0. The Hall–Kier alpha value is -2.60. The van der Waals surface area contributed by atoms with Gasteiger partial charge in [-0.3, -0.25) is 4.98 Å². The Bertz CT molecular complexity index is 672. The van der Waals surface area contributed by atoms with Gasteiger partial charge in [0.1, 0.15) is 17.3 Å². The number of benzene rings is 1. The summed E-state index contributed by atoms with van der Waals surface area (Å²) in [5.41, 5.74) is 2.12. The molecule has 0 saturated carbocycles. The highest BCUT2D eigenvalue weighted by Gasteiger charge is 2.06. The van der Waals surface area contributed by atoms with Crippen LogP contribution in [0.2, 0.25) is 0 Å². The Morgan fingerprint density at radius 2 is 2.00 bits per heavy atom. The predicted molar refractivity (Wildman–Crippen MR) is 64.2 cm³/mol. The third-order valence-electron chi connectivity index (χ3n) is 2.57. The van der Waals surface area contributed by atoms with Crippen LogP contribution in [0.4, 0.5) is 0 Å². The molecule has 3 heteroatoms. The Morgan fingerprint density at radius 1 is 1.12 bits per heavy atom. The number of fused-ring (bicyclic) bond motifs is 1. The highest BCUT2D eigenvalue weighted by Crippen LogP contribution is 2.26. The standard InChI is InChI=1S/C14H8N2O/c15-8-10-5-6-12(16-9-10)14-7-11-3-1-2-4-13(11)17-14/h1-7,9H. The van der Waals surface area contributed by atoms with Crippen LogP contribution >= 0.6 is 0 Å². The first-order valence-corrected chi connectivity index (χ1v) is 5.22. The van der Waals surface area contributed by atoms with Crippen LogP contribution in [0.1, 0.15) is 5.56 Å². The number of aromatic nitrogens is 1. The second-order valence-corrected chi connectivity index (χ2v) is 3.69. The minimum absolute atomic E-state index is 0.546. The van der Waals surface area contributed by atoms with Gasteiger partial charge in [-0.15, -0.1) is 0 Å². The Kier molecular flexibility index (Phi) is 2.13. The maximum absolute atomic E-state index is 8.70. The normalized spacial score (nSPS) is 10.3. The van der Waals surface area contributed by atoms with Gasteiger partial charge in [0.15, 0.2) is 5.76 Å². The van der Waals surface area contributed by atoms with Crippen LogP contribution in [0.25, 0.3) is 22.4 Å². The van der Waals surface area contributed by atoms with Gasteiger partial charge in [-0.25, -0.2) is 0 Å². The number of pyridine rings is 1. The summed E-state index contributed by atoms with van der Waals surface area (Å²) in [5.74, 6) is 0.718. The van der Waals surface area contributed by atoms with Crippen LogP contribution < -0.4 is 0 Å². The van der Waals surface area contributed by atoms with Gasteiger partial charge in [0.05, 0.1) is 5.56 Å². The maximum atomic E-state index is 8.70. The molecule has 3 nitrogen and oxygen atoms in total. The van der Waals surface area contributed by atoms with Crippen molar-refractivity contribution < 1.29 is 4.42 Å². The molecule has 17 heavy (non-hydrogen) atoms. The van der Waals surface area contributed by atoms with Gasteiger partial charge < -0.3 is 4.42 Å². The van der Waals surface area contributed by atoms with Crippen molar-refractivity contribution in [2.24, 2.45) is 0 Å². The lowest BCUT2D eigenvalue weighted by Crippen LogP contribution is -1.81. The highest BCUT2D eigenvalue weighted by atomic mass is 16.3. The molecule has 80 valence electrons. The van der Waals surface area contributed by atoms with Gasteiger partial charge in [-0.2, -0.15) is 5.26 Å². The van der Waals surface area contributed by atoms with Crippen LogP contribution in [0.5, 0.6) is 0 Å². The highest BCUT2D eigenvalue weighted by molar-refractivity contribution is 5.82. The quantitative estimate of drug-likeness (QED) is 0.631. The Balaban J connectivity index is 2.11. The number of hydrogen-bond donors (Lipinski definition) is 0. The lowest BCUT2D eigenvalue weighted by atomic mass is 10.2. The zero-order valence-corrected chi connectivity index (χ0v) is 8.92. The molecule has 0 spiro atoms. The van der Waals surface area contributed by atoms with Gasteiger partial charge in [0.25, 0.3) is 0 Å². The average Bonchev–Trinajstić information content (AvgIpc) is 2.82. The van der Waals surface area contributed by atoms with Crippen LogP contribution in [-0.2, 0) is 0 Å². The van der Waals surface area contributed by atoms with E-state index in [1.54, 1.807) is 18.3 Å². The summed E-state index contributed by atoms with van der Waals surface area (Å²) in [6.07, 6.45) is 1.54. The van der Waals surface area contributed by atoms with E-state index < -0.39 is 0 Å². The minimum Gasteiger partial charge on any atom is -0.454 e. The number of hydrogen-bond acceptors (Lipinski definition) is 3. The molecule has 0 saturated heterocycles. The van der Waals surface area contributed by atoms with Gasteiger partial charge in [-0.1, -0.05) is 18.2 Å². The summed E-state index contributed by atoms with van der Waals surface area (Å²) in [6, 6.07) is 15.3. The third kappa shape index (κ3) is 1.66. The van der Waals surface area contributed by atoms with Crippen LogP contribution in [-0.4, -0.2) is 4.98 Å². The molecule has 2 aromatic heterocycles. The van der Waals surface area contributed by atoms with Crippen molar-refractivity contribution in [2.75, 3.05) is 0 Å². The molecule has 0 N–H and O–H groups in total. The van der Waals surface area contributed by atoms with E-state index in [0.29, 0.717) is 5.56 Å². The maximum Gasteiger partial charge on any atom is 0.153 e. The topological polar surface area (TPSA) is 49.8 Å². The van der Waals surface area contributed by atoms with Crippen molar-refractivity contribution in [1.29, 1.82) is 5.26 Å². The van der Waals surface area contributed by atoms with E-state index in [1.165, 1.54) is 0 Å². The zero-order chi connectivity index (χ0) is 11.7. The number of rotatable bonds is 1. The van der Waals surface area contributed by atoms with Gasteiger partial charge in [-0.05, 0) is 24.3 Å². The van der Waals surface area contributed by atoms with Crippen LogP contribution in [0, 0.1) is 11.3 Å². The van der Waals surface area contributed by atoms with Crippen molar-refractivity contribution in [1.82, 2.24) is 4.98 Å². The van der Waals surface area contributed by atoms with Gasteiger partial charge >= 0.3 is 0 Å². The fourth-order valence-corrected chi connectivity index (χ4v) is 1.71. The lowest BCUT2D eigenvalue weighted by Gasteiger charge is -1.94. The monoisotopic (exact) mass is 220 g/mol. The minimum atomic E-state index is 0.546. The van der Waals surface area contributed by atoms with Gasteiger partial charge in [0, 0.05) is 11.6 Å². The summed E-state index contributed by atoms with van der Waals surface area (Å²) in [4.78, 5) is 4.20. The second kappa shape index (κ2) is 3.76. The van der Waals surface area contributed by atoms with Crippen molar-refractivity contribution in [3.8, 4) is 17.5 Å². The Labute approximate surface area is 97.9 Å². The second-order valence-electron chi connectivity index (χ2n) is 3.69. The molecule has 3 aromatic rings. The molecule has 1 aromatic carbocycles. The first kappa shape index (κ1) is 9.61. The lowest BCUT2D eigenvalue weighted by molar-refractivity contribution is 0.628.